The first kappa shape index (κ1) is 22.0. The number of aromatic amines is 1. The number of pyridine rings is 2. The minimum atomic E-state index is -3.41. The molecule has 3 aromatic rings. The van der Waals surface area contributed by atoms with Crippen LogP contribution in [0.5, 0.6) is 0 Å². The fourth-order valence-corrected chi connectivity index (χ4v) is 5.72. The molecule has 2 aliphatic heterocycles. The van der Waals surface area contributed by atoms with E-state index in [9.17, 15) is 12.8 Å². The number of aromatic nitrogens is 4. The summed E-state index contributed by atoms with van der Waals surface area (Å²) in [6.07, 6.45) is 6.50. The molecule has 0 spiro atoms. The highest BCUT2D eigenvalue weighted by atomic mass is 32.2. The van der Waals surface area contributed by atoms with Gasteiger partial charge < -0.3 is 10.6 Å². The number of sulfone groups is 1. The number of aryl methyl sites for hydroxylation is 1. The van der Waals surface area contributed by atoms with Gasteiger partial charge in [0.2, 0.25) is 0 Å². The first-order valence-electron chi connectivity index (χ1n) is 11.2. The van der Waals surface area contributed by atoms with E-state index in [2.05, 4.69) is 30.7 Å². The van der Waals surface area contributed by atoms with Gasteiger partial charge in [-0.2, -0.15) is 5.10 Å². The molecule has 2 saturated heterocycles. The molecule has 5 heterocycles. The van der Waals surface area contributed by atoms with Crippen molar-refractivity contribution in [3.05, 3.63) is 30.1 Å². The molecule has 2 fully saturated rings. The molecule has 3 atom stereocenters. The van der Waals surface area contributed by atoms with Crippen molar-refractivity contribution in [2.75, 3.05) is 30.1 Å². The molecule has 11 heteroatoms. The van der Waals surface area contributed by atoms with Gasteiger partial charge in [-0.3, -0.25) is 15.0 Å². The van der Waals surface area contributed by atoms with Crippen LogP contribution in [0.3, 0.4) is 0 Å². The lowest BCUT2D eigenvalue weighted by molar-refractivity contribution is 0.123. The molecule has 0 aliphatic carbocycles. The normalized spacial score (nSPS) is 23.2. The second-order valence-electron chi connectivity index (χ2n) is 9.05. The zero-order chi connectivity index (χ0) is 23.2. The van der Waals surface area contributed by atoms with Crippen molar-refractivity contribution >= 4 is 38.2 Å². The van der Waals surface area contributed by atoms with E-state index >= 15 is 0 Å². The van der Waals surface area contributed by atoms with Crippen molar-refractivity contribution in [3.8, 4) is 0 Å². The van der Waals surface area contributed by atoms with Crippen molar-refractivity contribution in [3.63, 3.8) is 0 Å². The third kappa shape index (κ3) is 4.51. The molecule has 2 aliphatic rings. The molecule has 2 bridgehead atoms. The van der Waals surface area contributed by atoms with E-state index in [-0.39, 0.29) is 17.6 Å². The summed E-state index contributed by atoms with van der Waals surface area (Å²) in [5, 5.41) is 14.5. The SMILES string of the molecule is Cc1cc(Nc2cc3ncc(S(C)(=O)=O)cc3c(NC3C[C@H]4CC[C@@H](C3)N4CCF)n2)n[nH]1. The van der Waals surface area contributed by atoms with Crippen molar-refractivity contribution in [2.24, 2.45) is 0 Å². The molecule has 176 valence electrons. The second-order valence-corrected chi connectivity index (χ2v) is 11.1. The number of nitrogens with zero attached hydrogens (tertiary/aromatic N) is 4. The largest absolute Gasteiger partial charge is 0.367 e. The van der Waals surface area contributed by atoms with Crippen LogP contribution in [0.1, 0.15) is 31.4 Å². The van der Waals surface area contributed by atoms with Gasteiger partial charge in [0, 0.05) is 60.3 Å². The summed E-state index contributed by atoms with van der Waals surface area (Å²) in [6.45, 7) is 2.09. The van der Waals surface area contributed by atoms with E-state index < -0.39 is 9.84 Å². The molecule has 1 unspecified atom stereocenters. The molecule has 0 saturated carbocycles. The Kier molecular flexibility index (Phi) is 5.69. The van der Waals surface area contributed by atoms with Gasteiger partial charge in [-0.05, 0) is 38.7 Å². The lowest BCUT2D eigenvalue weighted by Crippen LogP contribution is -2.47. The molecule has 33 heavy (non-hydrogen) atoms. The number of hydrogen-bond acceptors (Lipinski definition) is 8. The lowest BCUT2D eigenvalue weighted by Gasteiger charge is -2.39. The lowest BCUT2D eigenvalue weighted by atomic mass is 9.97. The number of fused-ring (bicyclic) bond motifs is 3. The number of rotatable bonds is 7. The highest BCUT2D eigenvalue weighted by Gasteiger charge is 2.40. The monoisotopic (exact) mass is 473 g/mol. The fourth-order valence-electron chi connectivity index (χ4n) is 5.14. The third-order valence-corrected chi connectivity index (χ3v) is 7.69. The van der Waals surface area contributed by atoms with Crippen molar-refractivity contribution in [1.82, 2.24) is 25.1 Å². The minimum absolute atomic E-state index is 0.154. The molecule has 0 amide bonds. The van der Waals surface area contributed by atoms with Crippen molar-refractivity contribution in [1.29, 1.82) is 0 Å². The van der Waals surface area contributed by atoms with Gasteiger partial charge in [0.1, 0.15) is 18.3 Å². The Morgan fingerprint density at radius 1 is 1.18 bits per heavy atom. The Hall–Kier alpha value is -2.79. The van der Waals surface area contributed by atoms with Gasteiger partial charge in [0.15, 0.2) is 15.7 Å². The number of piperidine rings is 1. The number of halogens is 1. The summed E-state index contributed by atoms with van der Waals surface area (Å²) < 4.78 is 37.3. The average Bonchev–Trinajstić information content (AvgIpc) is 3.26. The Morgan fingerprint density at radius 2 is 1.94 bits per heavy atom. The summed E-state index contributed by atoms with van der Waals surface area (Å²) in [4.78, 5) is 11.6. The van der Waals surface area contributed by atoms with Crippen LogP contribution in [0, 0.1) is 6.92 Å². The summed E-state index contributed by atoms with van der Waals surface area (Å²) in [5.41, 5.74) is 1.55. The predicted molar refractivity (Wildman–Crippen MR) is 125 cm³/mol. The summed E-state index contributed by atoms with van der Waals surface area (Å²) in [6, 6.07) is 6.17. The van der Waals surface area contributed by atoms with Crippen LogP contribution in [0.25, 0.3) is 10.9 Å². The number of nitrogens with one attached hydrogen (secondary N) is 3. The second kappa shape index (κ2) is 8.53. The number of anilines is 3. The van der Waals surface area contributed by atoms with Crippen LogP contribution in [0.4, 0.5) is 21.8 Å². The van der Waals surface area contributed by atoms with E-state index in [0.717, 1.165) is 31.4 Å². The molecule has 3 aromatic heterocycles. The van der Waals surface area contributed by atoms with Gasteiger partial charge in [-0.1, -0.05) is 0 Å². The molecule has 5 rings (SSSR count). The maximum Gasteiger partial charge on any atom is 0.177 e. The maximum atomic E-state index is 13.0. The summed E-state index contributed by atoms with van der Waals surface area (Å²) >= 11 is 0. The highest BCUT2D eigenvalue weighted by Crippen LogP contribution is 2.37. The van der Waals surface area contributed by atoms with Crippen LogP contribution < -0.4 is 10.6 Å². The van der Waals surface area contributed by atoms with Crippen LogP contribution in [-0.2, 0) is 9.84 Å². The van der Waals surface area contributed by atoms with E-state index in [1.54, 1.807) is 12.1 Å². The van der Waals surface area contributed by atoms with Gasteiger partial charge >= 0.3 is 0 Å². The van der Waals surface area contributed by atoms with Gasteiger partial charge in [-0.15, -0.1) is 0 Å². The summed E-state index contributed by atoms with van der Waals surface area (Å²) in [5.74, 6) is 1.79. The zero-order valence-corrected chi connectivity index (χ0v) is 19.5. The number of H-pyrrole nitrogens is 1. The Labute approximate surface area is 192 Å². The van der Waals surface area contributed by atoms with Crippen molar-refractivity contribution < 1.29 is 12.8 Å². The fraction of sp³-hybridized carbons (Fsp3) is 0.500. The van der Waals surface area contributed by atoms with Crippen LogP contribution >= 0.6 is 0 Å². The van der Waals surface area contributed by atoms with Crippen LogP contribution in [-0.4, -0.2) is 71.1 Å². The predicted octanol–water partition coefficient (Wildman–Crippen LogP) is 3.19. The molecule has 0 radical (unpaired) electrons. The van der Waals surface area contributed by atoms with E-state index in [4.69, 9.17) is 4.98 Å². The minimum Gasteiger partial charge on any atom is -0.367 e. The van der Waals surface area contributed by atoms with Crippen LogP contribution in [0.2, 0.25) is 0 Å². The van der Waals surface area contributed by atoms with Gasteiger partial charge in [0.05, 0.1) is 10.4 Å². The Balaban J connectivity index is 1.49. The van der Waals surface area contributed by atoms with E-state index in [0.29, 0.717) is 47.0 Å². The first-order chi connectivity index (χ1) is 15.8. The maximum absolute atomic E-state index is 13.0. The molecule has 9 nitrogen and oxygen atoms in total. The molecular formula is C22H28FN7O2S. The molecular weight excluding hydrogens is 445 g/mol. The van der Waals surface area contributed by atoms with Gasteiger partial charge in [-0.25, -0.2) is 17.8 Å². The third-order valence-electron chi connectivity index (χ3n) is 6.61. The Bertz CT molecular complexity index is 1260. The molecule has 0 aromatic carbocycles. The van der Waals surface area contributed by atoms with Crippen LogP contribution in [0.15, 0.2) is 29.3 Å². The summed E-state index contributed by atoms with van der Waals surface area (Å²) in [7, 11) is -3.41. The average molecular weight is 474 g/mol. The first-order valence-corrected chi connectivity index (χ1v) is 13.1. The Morgan fingerprint density at radius 3 is 2.58 bits per heavy atom. The van der Waals surface area contributed by atoms with Gasteiger partial charge in [0.25, 0.3) is 0 Å². The van der Waals surface area contributed by atoms with Crippen molar-refractivity contribution in [2.45, 2.75) is 55.6 Å². The zero-order valence-electron chi connectivity index (χ0n) is 18.7. The number of hydrogen-bond donors (Lipinski definition) is 3. The molecule has 3 N–H and O–H groups in total. The number of alkyl halides is 1. The van der Waals surface area contributed by atoms with E-state index in [1.165, 1.54) is 12.5 Å². The topological polar surface area (TPSA) is 116 Å². The standard InChI is InChI=1S/C22H28FN7O2S/c1-13-7-21(29-28-13)26-20-11-19-18(10-17(12-24-19)33(2,31)32)22(27-20)25-14-8-15-3-4-16(9-14)30(15)6-5-23/h7,10-12,14-16H,3-6,8-9H2,1-2H3,(H3,25,26,27,28,29)/t14?,15-,16+. The highest BCUT2D eigenvalue weighted by molar-refractivity contribution is 7.90. The van der Waals surface area contributed by atoms with E-state index in [1.807, 2.05) is 13.0 Å². The quantitative estimate of drug-likeness (QED) is 0.479. The smallest absolute Gasteiger partial charge is 0.177 e.